The van der Waals surface area contributed by atoms with Crippen molar-refractivity contribution in [3.8, 4) is 5.69 Å². The highest BCUT2D eigenvalue weighted by Gasteiger charge is 2.09. The van der Waals surface area contributed by atoms with Gasteiger partial charge < -0.3 is 5.32 Å². The first-order chi connectivity index (χ1) is 15.2. The minimum atomic E-state index is -0.455. The number of carbonyl (C=O) groups excluding carboxylic acids is 2. The van der Waals surface area contributed by atoms with Gasteiger partial charge >= 0.3 is 6.03 Å². The van der Waals surface area contributed by atoms with Crippen LogP contribution >= 0.6 is 20.7 Å². The van der Waals surface area contributed by atoms with Gasteiger partial charge in [0.25, 0.3) is 5.91 Å². The number of hydrogen-bond donors (Lipinski definition) is 1. The lowest BCUT2D eigenvalue weighted by Gasteiger charge is -2.03. The van der Waals surface area contributed by atoms with Crippen LogP contribution in [0.5, 0.6) is 0 Å². The van der Waals surface area contributed by atoms with E-state index in [9.17, 15) is 9.59 Å². The van der Waals surface area contributed by atoms with Crippen LogP contribution in [-0.4, -0.2) is 16.5 Å². The Hall–Kier alpha value is -3.62. The van der Waals surface area contributed by atoms with Crippen LogP contribution < -0.4 is 14.9 Å². The molecule has 0 fully saturated rings. The quantitative estimate of drug-likeness (QED) is 0.478. The SMILES string of the molecule is O=C(/N=c1\ssc(=NC(=O)c2ccccc2)n1-c1ccccc1)NCc1ccccc1. The summed E-state index contributed by atoms with van der Waals surface area (Å²) in [6.07, 6.45) is 0. The Morgan fingerprint density at radius 3 is 1.94 bits per heavy atom. The van der Waals surface area contributed by atoms with Crippen molar-refractivity contribution in [1.82, 2.24) is 9.88 Å². The molecule has 0 aliphatic heterocycles. The Bertz CT molecular complexity index is 1310. The topological polar surface area (TPSA) is 75.8 Å². The van der Waals surface area contributed by atoms with Gasteiger partial charge in [0.05, 0.1) is 5.69 Å². The number of aromatic nitrogens is 1. The number of benzene rings is 3. The number of nitrogens with one attached hydrogen (secondary N) is 1. The zero-order valence-electron chi connectivity index (χ0n) is 16.3. The molecular weight excluding hydrogens is 428 g/mol. The van der Waals surface area contributed by atoms with E-state index in [0.29, 0.717) is 21.7 Å². The molecule has 0 aliphatic rings. The highest BCUT2D eigenvalue weighted by Crippen LogP contribution is 2.07. The molecule has 154 valence electrons. The van der Waals surface area contributed by atoms with Crippen molar-refractivity contribution in [1.29, 1.82) is 0 Å². The highest BCUT2D eigenvalue weighted by atomic mass is 32.9. The Kier molecular flexibility index (Phi) is 6.61. The van der Waals surface area contributed by atoms with E-state index in [1.165, 1.54) is 20.7 Å². The van der Waals surface area contributed by atoms with Gasteiger partial charge in [0.15, 0.2) is 0 Å². The molecule has 0 spiro atoms. The average molecular weight is 447 g/mol. The Morgan fingerprint density at radius 1 is 0.742 bits per heavy atom. The van der Waals surface area contributed by atoms with Crippen molar-refractivity contribution < 1.29 is 9.59 Å². The van der Waals surface area contributed by atoms with Crippen molar-refractivity contribution in [3.05, 3.63) is 112 Å². The first-order valence-corrected chi connectivity index (χ1v) is 11.6. The summed E-state index contributed by atoms with van der Waals surface area (Å²) in [4.78, 5) is 34.5. The summed E-state index contributed by atoms with van der Waals surface area (Å²) in [5, 5.41) is 2.80. The lowest BCUT2D eigenvalue weighted by atomic mass is 10.2. The van der Waals surface area contributed by atoms with Gasteiger partial charge in [0.1, 0.15) is 0 Å². The Balaban J connectivity index is 1.70. The smallest absolute Gasteiger partial charge is 0.332 e. The molecule has 0 saturated heterocycles. The van der Waals surface area contributed by atoms with Crippen molar-refractivity contribution >= 4 is 32.6 Å². The first-order valence-electron chi connectivity index (χ1n) is 9.49. The molecular formula is C23H18N4O2S2. The van der Waals surface area contributed by atoms with Gasteiger partial charge in [0, 0.05) is 12.1 Å². The van der Waals surface area contributed by atoms with Crippen LogP contribution in [0.1, 0.15) is 15.9 Å². The second-order valence-electron chi connectivity index (χ2n) is 6.44. The molecule has 4 aromatic rings. The summed E-state index contributed by atoms with van der Waals surface area (Å²) in [5.74, 6) is -0.348. The van der Waals surface area contributed by atoms with Gasteiger partial charge in [-0.25, -0.2) is 4.79 Å². The van der Waals surface area contributed by atoms with E-state index in [1.807, 2.05) is 66.7 Å². The number of hydrogen-bond acceptors (Lipinski definition) is 4. The molecule has 0 bridgehead atoms. The molecule has 0 radical (unpaired) electrons. The minimum absolute atomic E-state index is 0.348. The lowest BCUT2D eigenvalue weighted by molar-refractivity contribution is 0.0998. The summed E-state index contributed by atoms with van der Waals surface area (Å²) in [7, 11) is 2.58. The zero-order valence-corrected chi connectivity index (χ0v) is 18.0. The van der Waals surface area contributed by atoms with Crippen molar-refractivity contribution in [3.63, 3.8) is 0 Å². The normalized spacial score (nSPS) is 12.0. The molecule has 3 aromatic carbocycles. The van der Waals surface area contributed by atoms with Crippen molar-refractivity contribution in [2.75, 3.05) is 0 Å². The van der Waals surface area contributed by atoms with E-state index in [-0.39, 0.29) is 5.91 Å². The van der Waals surface area contributed by atoms with Crippen molar-refractivity contribution in [2.45, 2.75) is 6.54 Å². The fourth-order valence-corrected chi connectivity index (χ4v) is 4.90. The maximum atomic E-state index is 12.6. The summed E-state index contributed by atoms with van der Waals surface area (Å²) in [5.41, 5.74) is 2.26. The molecule has 6 nitrogen and oxygen atoms in total. The highest BCUT2D eigenvalue weighted by molar-refractivity contribution is 7.67. The number of urea groups is 1. The molecule has 0 aliphatic carbocycles. The number of rotatable bonds is 4. The van der Waals surface area contributed by atoms with Crippen LogP contribution in [0.2, 0.25) is 0 Å². The molecule has 8 heteroatoms. The number of amides is 3. The molecule has 3 amide bonds. The third-order valence-electron chi connectivity index (χ3n) is 4.29. The van der Waals surface area contributed by atoms with Crippen LogP contribution in [-0.2, 0) is 6.54 Å². The summed E-state index contributed by atoms with van der Waals surface area (Å²) < 4.78 is 1.72. The first kappa shape index (κ1) is 20.6. The van der Waals surface area contributed by atoms with Crippen LogP contribution in [0.3, 0.4) is 0 Å². The largest absolute Gasteiger partial charge is 0.343 e. The maximum absolute atomic E-state index is 12.6. The van der Waals surface area contributed by atoms with Crippen LogP contribution in [0.25, 0.3) is 5.69 Å². The van der Waals surface area contributed by atoms with Gasteiger partial charge in [-0.3, -0.25) is 9.36 Å². The number of nitrogens with zero attached hydrogens (tertiary/aromatic N) is 3. The third-order valence-corrected chi connectivity index (χ3v) is 6.36. The van der Waals surface area contributed by atoms with Crippen molar-refractivity contribution in [2.24, 2.45) is 9.98 Å². The predicted octanol–water partition coefficient (Wildman–Crippen LogP) is 4.15. The van der Waals surface area contributed by atoms with Crippen LogP contribution in [0, 0.1) is 0 Å². The summed E-state index contributed by atoms with van der Waals surface area (Å²) >= 11 is 0. The number of para-hydroxylation sites is 1. The minimum Gasteiger partial charge on any atom is -0.332 e. The van der Waals surface area contributed by atoms with Gasteiger partial charge in [-0.15, -0.1) is 0 Å². The molecule has 31 heavy (non-hydrogen) atoms. The fourth-order valence-electron chi connectivity index (χ4n) is 2.80. The van der Waals surface area contributed by atoms with E-state index in [1.54, 1.807) is 28.8 Å². The van der Waals surface area contributed by atoms with Gasteiger partial charge in [-0.2, -0.15) is 9.98 Å². The fraction of sp³-hybridized carbons (Fsp3) is 0.0435. The summed E-state index contributed by atoms with van der Waals surface area (Å²) in [6, 6.07) is 27.5. The third kappa shape index (κ3) is 5.30. The van der Waals surface area contributed by atoms with Crippen LogP contribution in [0.15, 0.2) is 101 Å². The molecule has 4 rings (SSSR count). The maximum Gasteiger partial charge on any atom is 0.343 e. The van der Waals surface area contributed by atoms with Gasteiger partial charge in [-0.05, 0) is 50.5 Å². The average Bonchev–Trinajstić information content (AvgIpc) is 3.21. The zero-order chi connectivity index (χ0) is 21.5. The number of carbonyl (C=O) groups is 2. The predicted molar refractivity (Wildman–Crippen MR) is 122 cm³/mol. The lowest BCUT2D eigenvalue weighted by Crippen LogP contribution is -2.28. The van der Waals surface area contributed by atoms with Gasteiger partial charge in [0.2, 0.25) is 9.60 Å². The molecule has 1 N–H and O–H groups in total. The summed E-state index contributed by atoms with van der Waals surface area (Å²) in [6.45, 7) is 0.382. The molecule has 0 atom stereocenters. The Morgan fingerprint density at radius 2 is 1.29 bits per heavy atom. The van der Waals surface area contributed by atoms with E-state index in [2.05, 4.69) is 15.3 Å². The second-order valence-corrected chi connectivity index (χ2v) is 8.51. The van der Waals surface area contributed by atoms with E-state index < -0.39 is 6.03 Å². The molecule has 0 unspecified atom stereocenters. The second kappa shape index (κ2) is 9.92. The van der Waals surface area contributed by atoms with Crippen LogP contribution in [0.4, 0.5) is 4.79 Å². The molecule has 1 aromatic heterocycles. The monoisotopic (exact) mass is 446 g/mol. The van der Waals surface area contributed by atoms with E-state index in [0.717, 1.165) is 11.3 Å². The standard InChI is InChI=1S/C23H18N4O2S2/c28-20(18-12-6-2-7-13-18)25-22-27(19-14-8-3-9-15-19)23(31-30-22)26-21(29)24-16-17-10-4-1-5-11-17/h1-15H,16H2,(H,24,29)/b25-22?,26-23-. The van der Waals surface area contributed by atoms with E-state index >= 15 is 0 Å². The van der Waals surface area contributed by atoms with Gasteiger partial charge in [-0.1, -0.05) is 66.7 Å². The Labute approximate surface area is 185 Å². The molecule has 1 heterocycles. The van der Waals surface area contributed by atoms with E-state index in [4.69, 9.17) is 0 Å². The molecule has 0 saturated carbocycles.